The maximum atomic E-state index is 13.9. The molecule has 2 aliphatic carbocycles. The number of fused-ring (bicyclic) bond motifs is 1. The van der Waals surface area contributed by atoms with Crippen LogP contribution in [0.3, 0.4) is 0 Å². The fourth-order valence-electron chi connectivity index (χ4n) is 6.28. The van der Waals surface area contributed by atoms with E-state index in [9.17, 15) is 9.59 Å². The van der Waals surface area contributed by atoms with Gasteiger partial charge in [0.1, 0.15) is 0 Å². The van der Waals surface area contributed by atoms with Crippen molar-refractivity contribution in [2.45, 2.75) is 59.3 Å². The summed E-state index contributed by atoms with van der Waals surface area (Å²) in [5, 5.41) is 0. The van der Waals surface area contributed by atoms with Crippen molar-refractivity contribution < 1.29 is 19.1 Å². The van der Waals surface area contributed by atoms with Gasteiger partial charge < -0.3 is 14.4 Å². The first-order valence-electron chi connectivity index (χ1n) is 12.4. The Kier molecular flexibility index (Phi) is 4.79. The van der Waals surface area contributed by atoms with E-state index in [1.54, 1.807) is 0 Å². The predicted octanol–water partition coefficient (Wildman–Crippen LogP) is 6.31. The normalized spacial score (nSPS) is 22.9. The minimum absolute atomic E-state index is 0.129. The van der Waals surface area contributed by atoms with E-state index in [2.05, 4.69) is 44.7 Å². The third kappa shape index (κ3) is 3.60. The average molecular weight is 470 g/mol. The number of carbonyl (C=O) groups excluding carboxylic acids is 2. The van der Waals surface area contributed by atoms with Crippen molar-refractivity contribution in [1.29, 1.82) is 0 Å². The van der Waals surface area contributed by atoms with Gasteiger partial charge in [0.2, 0.25) is 6.79 Å². The highest BCUT2D eigenvalue weighted by molar-refractivity contribution is 6.08. The molecule has 2 aliphatic heterocycles. The fraction of sp³-hybridized carbons (Fsp3) is 0.400. The number of nitrogens with zero attached hydrogens (tertiary/aromatic N) is 1. The van der Waals surface area contributed by atoms with E-state index >= 15 is 0 Å². The van der Waals surface area contributed by atoms with E-state index in [4.69, 9.17) is 9.47 Å². The lowest BCUT2D eigenvalue weighted by Crippen LogP contribution is -2.44. The molecule has 0 amide bonds. The third-order valence-corrected chi connectivity index (χ3v) is 7.65. The first-order chi connectivity index (χ1) is 16.6. The van der Waals surface area contributed by atoms with Crippen LogP contribution in [0.5, 0.6) is 11.5 Å². The minimum atomic E-state index is -0.387. The highest BCUT2D eigenvalue weighted by Crippen LogP contribution is 2.56. The summed E-state index contributed by atoms with van der Waals surface area (Å²) >= 11 is 0. The summed E-state index contributed by atoms with van der Waals surface area (Å²) in [5.74, 6) is 1.24. The fourth-order valence-corrected chi connectivity index (χ4v) is 6.28. The second-order valence-electron chi connectivity index (χ2n) is 11.8. The van der Waals surface area contributed by atoms with Crippen molar-refractivity contribution in [2.75, 3.05) is 11.7 Å². The maximum Gasteiger partial charge on any atom is 0.231 e. The van der Waals surface area contributed by atoms with Crippen LogP contribution in [0.15, 0.2) is 71.1 Å². The monoisotopic (exact) mass is 469 g/mol. The zero-order valence-corrected chi connectivity index (χ0v) is 20.8. The summed E-state index contributed by atoms with van der Waals surface area (Å²) in [6, 6.07) is 16.0. The largest absolute Gasteiger partial charge is 0.454 e. The van der Waals surface area contributed by atoms with Gasteiger partial charge in [0.05, 0.1) is 0 Å². The molecule has 0 radical (unpaired) electrons. The third-order valence-electron chi connectivity index (χ3n) is 7.65. The van der Waals surface area contributed by atoms with E-state index in [0.29, 0.717) is 24.3 Å². The summed E-state index contributed by atoms with van der Waals surface area (Å²) in [5.41, 5.74) is 5.20. The standard InChI is InChI=1S/C30H31NO4/c1-29(2)13-20-27(22(32)15-29)26(18-10-11-24-25(12-18)35-17-34-24)28-21(14-30(3,4)16-23(28)33)31(20)19-8-6-5-7-9-19/h5-12,26H,13-17H2,1-4H3. The van der Waals surface area contributed by atoms with Crippen LogP contribution in [0, 0.1) is 10.8 Å². The van der Waals surface area contributed by atoms with Gasteiger partial charge in [0, 0.05) is 47.0 Å². The van der Waals surface area contributed by atoms with Gasteiger partial charge in [-0.2, -0.15) is 0 Å². The molecule has 2 aromatic carbocycles. The first-order valence-corrected chi connectivity index (χ1v) is 12.4. The Bertz CT molecular complexity index is 1260. The second kappa shape index (κ2) is 7.58. The lowest BCUT2D eigenvalue weighted by atomic mass is 9.63. The zero-order chi connectivity index (χ0) is 24.5. The van der Waals surface area contributed by atoms with Crippen LogP contribution >= 0.6 is 0 Å². The molecule has 0 unspecified atom stereocenters. The van der Waals surface area contributed by atoms with Crippen molar-refractivity contribution in [3.63, 3.8) is 0 Å². The molecule has 2 aromatic rings. The van der Waals surface area contributed by atoms with Gasteiger partial charge in [-0.1, -0.05) is 52.0 Å². The molecule has 35 heavy (non-hydrogen) atoms. The van der Waals surface area contributed by atoms with Gasteiger partial charge in [-0.25, -0.2) is 0 Å². The number of benzene rings is 2. The van der Waals surface area contributed by atoms with Gasteiger partial charge >= 0.3 is 0 Å². The van der Waals surface area contributed by atoms with Crippen LogP contribution in [0.4, 0.5) is 5.69 Å². The van der Waals surface area contributed by atoms with Crippen LogP contribution in [0.25, 0.3) is 0 Å². The molecular weight excluding hydrogens is 438 g/mol. The van der Waals surface area contributed by atoms with Crippen LogP contribution in [-0.4, -0.2) is 18.4 Å². The van der Waals surface area contributed by atoms with E-state index < -0.39 is 0 Å². The van der Waals surface area contributed by atoms with Gasteiger partial charge in [-0.3, -0.25) is 9.59 Å². The molecule has 0 saturated carbocycles. The molecule has 0 N–H and O–H groups in total. The number of rotatable bonds is 2. The van der Waals surface area contributed by atoms with E-state index in [1.165, 1.54) is 0 Å². The predicted molar refractivity (Wildman–Crippen MR) is 134 cm³/mol. The molecule has 180 valence electrons. The maximum absolute atomic E-state index is 13.9. The highest BCUT2D eigenvalue weighted by atomic mass is 16.7. The van der Waals surface area contributed by atoms with Gasteiger partial charge in [-0.15, -0.1) is 0 Å². The van der Waals surface area contributed by atoms with Gasteiger partial charge in [0.25, 0.3) is 0 Å². The molecule has 5 nitrogen and oxygen atoms in total. The molecule has 2 heterocycles. The number of Topliss-reactive ketones (excluding diaryl/α,β-unsaturated/α-hetero) is 2. The second-order valence-corrected chi connectivity index (χ2v) is 11.8. The summed E-state index contributed by atoms with van der Waals surface area (Å²) < 4.78 is 11.2. The Morgan fingerprint density at radius 2 is 1.31 bits per heavy atom. The highest BCUT2D eigenvalue weighted by Gasteiger charge is 2.49. The number of allylic oxidation sites excluding steroid dienone is 4. The molecule has 5 heteroatoms. The Hall–Kier alpha value is -3.34. The van der Waals surface area contributed by atoms with Crippen molar-refractivity contribution >= 4 is 17.3 Å². The van der Waals surface area contributed by atoms with Crippen molar-refractivity contribution in [2.24, 2.45) is 10.8 Å². The molecule has 0 aromatic heterocycles. The van der Waals surface area contributed by atoms with Crippen molar-refractivity contribution in [3.8, 4) is 11.5 Å². The topological polar surface area (TPSA) is 55.8 Å². The zero-order valence-electron chi connectivity index (χ0n) is 20.8. The summed E-state index contributed by atoms with van der Waals surface area (Å²) in [6.45, 7) is 8.83. The van der Waals surface area contributed by atoms with Crippen LogP contribution in [-0.2, 0) is 9.59 Å². The summed E-state index contributed by atoms with van der Waals surface area (Å²) in [7, 11) is 0. The smallest absolute Gasteiger partial charge is 0.231 e. The van der Waals surface area contributed by atoms with E-state index in [0.717, 1.165) is 46.6 Å². The molecule has 4 aliphatic rings. The lowest BCUT2D eigenvalue weighted by Gasteiger charge is -2.49. The number of carbonyl (C=O) groups is 2. The summed E-state index contributed by atoms with van der Waals surface area (Å²) in [4.78, 5) is 30.0. The van der Waals surface area contributed by atoms with E-state index in [-0.39, 0.29) is 35.1 Å². The number of ketones is 2. The lowest BCUT2D eigenvalue weighted by molar-refractivity contribution is -0.119. The first kappa shape index (κ1) is 22.1. The molecule has 0 spiro atoms. The van der Waals surface area contributed by atoms with Crippen molar-refractivity contribution in [1.82, 2.24) is 0 Å². The minimum Gasteiger partial charge on any atom is -0.454 e. The molecule has 0 atom stereocenters. The molecule has 0 bridgehead atoms. The number of para-hydroxylation sites is 1. The Morgan fingerprint density at radius 1 is 0.743 bits per heavy atom. The summed E-state index contributed by atoms with van der Waals surface area (Å²) in [6.07, 6.45) is 2.49. The van der Waals surface area contributed by atoms with E-state index in [1.807, 2.05) is 36.4 Å². The molecule has 0 fully saturated rings. The SMILES string of the molecule is CC1(C)CC(=O)C2=C(C1)N(c1ccccc1)C1=C(C(=O)CC(C)(C)C1)C2c1ccc2c(c1)OCO2. The number of hydrogen-bond acceptors (Lipinski definition) is 5. The Morgan fingerprint density at radius 3 is 1.91 bits per heavy atom. The van der Waals surface area contributed by atoms with Gasteiger partial charge in [0.15, 0.2) is 23.1 Å². The number of anilines is 1. The quantitative estimate of drug-likeness (QED) is 0.516. The number of hydrogen-bond donors (Lipinski definition) is 0. The van der Waals surface area contributed by atoms with Crippen LogP contribution in [0.1, 0.15) is 64.9 Å². The van der Waals surface area contributed by atoms with Crippen LogP contribution in [0.2, 0.25) is 0 Å². The molecule has 6 rings (SSSR count). The number of ether oxygens (including phenoxy) is 2. The molecule has 0 saturated heterocycles. The average Bonchev–Trinajstić information content (AvgIpc) is 3.24. The van der Waals surface area contributed by atoms with Crippen molar-refractivity contribution in [3.05, 3.63) is 76.6 Å². The molecular formula is C30H31NO4. The van der Waals surface area contributed by atoms with Crippen LogP contribution < -0.4 is 14.4 Å². The Balaban J connectivity index is 1.64. The Labute approximate surface area is 206 Å². The van der Waals surface area contributed by atoms with Gasteiger partial charge in [-0.05, 0) is 53.5 Å².